The Morgan fingerprint density at radius 2 is 2.11 bits per heavy atom. The van der Waals surface area contributed by atoms with Crippen LogP contribution in [0.5, 0.6) is 0 Å². The highest BCUT2D eigenvalue weighted by molar-refractivity contribution is 5.82. The number of nitrogens with one attached hydrogen (secondary N) is 2. The summed E-state index contributed by atoms with van der Waals surface area (Å²) in [5.41, 5.74) is 10.0. The van der Waals surface area contributed by atoms with Crippen molar-refractivity contribution in [3.8, 4) is 11.3 Å². The summed E-state index contributed by atoms with van der Waals surface area (Å²) in [6, 6.07) is 5.10. The number of aromatic nitrogens is 6. The third-order valence-electron chi connectivity index (χ3n) is 5.11. The van der Waals surface area contributed by atoms with Gasteiger partial charge in [0.25, 0.3) is 0 Å². The lowest BCUT2D eigenvalue weighted by atomic mass is 10.1. The van der Waals surface area contributed by atoms with Crippen LogP contribution < -0.4 is 10.6 Å². The predicted octanol–water partition coefficient (Wildman–Crippen LogP) is 2.98. The Kier molecular flexibility index (Phi) is 3.75. The number of rotatable bonds is 5. The number of aromatic amines is 2. The smallest absolute Gasteiger partial charge is 0.227 e. The fourth-order valence-electron chi connectivity index (χ4n) is 3.36. The van der Waals surface area contributed by atoms with E-state index in [0.717, 1.165) is 22.3 Å². The van der Waals surface area contributed by atoms with E-state index in [0.29, 0.717) is 28.8 Å². The molecule has 0 saturated heterocycles. The second kappa shape index (κ2) is 6.29. The third kappa shape index (κ3) is 2.84. The Morgan fingerprint density at radius 1 is 1.25 bits per heavy atom. The van der Waals surface area contributed by atoms with Crippen molar-refractivity contribution in [2.45, 2.75) is 25.3 Å². The van der Waals surface area contributed by atoms with Crippen LogP contribution in [0.15, 0.2) is 30.6 Å². The second-order valence-corrected chi connectivity index (χ2v) is 7.16. The Morgan fingerprint density at radius 3 is 2.89 bits per heavy atom. The van der Waals surface area contributed by atoms with Crippen LogP contribution in [-0.4, -0.2) is 37.4 Å². The molecule has 0 unspecified atom stereocenters. The lowest BCUT2D eigenvalue weighted by Gasteiger charge is -2.18. The standard InChI is InChI=1S/C19H19FN8/c1-28(9-13-11-8-23-25-15(11)5-4-14(13)20)19-22-7-12(18(21)24-19)17-6-16(26-27-17)10-2-3-10/h4-8,10H,2-3,9H2,1H3,(H,23,25)(H,26,27)(H2,21,22,24). The first-order valence-electron chi connectivity index (χ1n) is 9.10. The minimum Gasteiger partial charge on any atom is -0.383 e. The molecule has 0 amide bonds. The number of nitrogens with two attached hydrogens (primary N) is 1. The number of H-pyrrole nitrogens is 2. The van der Waals surface area contributed by atoms with Gasteiger partial charge in [-0.1, -0.05) is 0 Å². The number of fused-ring (bicyclic) bond motifs is 1. The summed E-state index contributed by atoms with van der Waals surface area (Å²) in [6.45, 7) is 0.287. The molecule has 3 heterocycles. The molecule has 9 heteroatoms. The highest BCUT2D eigenvalue weighted by Crippen LogP contribution is 2.40. The topological polar surface area (TPSA) is 112 Å². The highest BCUT2D eigenvalue weighted by Gasteiger charge is 2.26. The lowest BCUT2D eigenvalue weighted by molar-refractivity contribution is 0.610. The molecular weight excluding hydrogens is 359 g/mol. The zero-order valence-corrected chi connectivity index (χ0v) is 15.3. The number of nitrogens with zero attached hydrogens (tertiary/aromatic N) is 5. The maximum absolute atomic E-state index is 14.4. The summed E-state index contributed by atoms with van der Waals surface area (Å²) in [6.07, 6.45) is 5.67. The first kappa shape index (κ1) is 16.7. The Labute approximate surface area is 160 Å². The Hall–Kier alpha value is -3.49. The van der Waals surface area contributed by atoms with Gasteiger partial charge < -0.3 is 10.6 Å². The van der Waals surface area contributed by atoms with Crippen LogP contribution in [0.3, 0.4) is 0 Å². The van der Waals surface area contributed by atoms with Crippen LogP contribution in [0.2, 0.25) is 0 Å². The molecule has 0 bridgehead atoms. The van der Waals surface area contributed by atoms with E-state index in [1.165, 1.54) is 18.9 Å². The SMILES string of the molecule is CN(Cc1c(F)ccc2[nH]ncc12)c1ncc(-c2cc(C3CC3)[nH]n2)c(N)n1. The summed E-state index contributed by atoms with van der Waals surface area (Å²) in [4.78, 5) is 10.6. The van der Waals surface area contributed by atoms with Crippen LogP contribution >= 0.6 is 0 Å². The van der Waals surface area contributed by atoms with E-state index in [2.05, 4.69) is 30.4 Å². The maximum Gasteiger partial charge on any atom is 0.227 e. The number of hydrogen-bond acceptors (Lipinski definition) is 6. The van der Waals surface area contributed by atoms with Crippen molar-refractivity contribution in [2.75, 3.05) is 17.7 Å². The van der Waals surface area contributed by atoms with Gasteiger partial charge in [-0.15, -0.1) is 0 Å². The van der Waals surface area contributed by atoms with E-state index in [9.17, 15) is 4.39 Å². The van der Waals surface area contributed by atoms with Crippen LogP contribution in [-0.2, 0) is 6.54 Å². The van der Waals surface area contributed by atoms with Crippen LogP contribution in [0.1, 0.15) is 30.0 Å². The number of hydrogen-bond donors (Lipinski definition) is 3. The number of anilines is 2. The Bertz CT molecular complexity index is 1160. The molecule has 8 nitrogen and oxygen atoms in total. The van der Waals surface area contributed by atoms with Gasteiger partial charge in [-0.2, -0.15) is 15.2 Å². The molecule has 4 N–H and O–H groups in total. The third-order valence-corrected chi connectivity index (χ3v) is 5.11. The van der Waals surface area contributed by atoms with Gasteiger partial charge in [0.2, 0.25) is 5.95 Å². The summed E-state index contributed by atoms with van der Waals surface area (Å²) >= 11 is 0. The molecular formula is C19H19FN8. The van der Waals surface area contributed by atoms with E-state index >= 15 is 0 Å². The summed E-state index contributed by atoms with van der Waals surface area (Å²) in [5.74, 6) is 1.04. The summed E-state index contributed by atoms with van der Waals surface area (Å²) in [5, 5.41) is 15.0. The number of nitrogen functional groups attached to an aromatic ring is 1. The maximum atomic E-state index is 14.4. The van der Waals surface area contributed by atoms with Gasteiger partial charge in [0, 0.05) is 42.4 Å². The van der Waals surface area contributed by atoms with E-state index < -0.39 is 0 Å². The molecule has 5 rings (SSSR count). The van der Waals surface area contributed by atoms with Crippen molar-refractivity contribution in [3.05, 3.63) is 47.7 Å². The van der Waals surface area contributed by atoms with Crippen LogP contribution in [0.25, 0.3) is 22.2 Å². The Balaban J connectivity index is 1.42. The van der Waals surface area contributed by atoms with Gasteiger partial charge in [0.1, 0.15) is 11.6 Å². The summed E-state index contributed by atoms with van der Waals surface area (Å²) < 4.78 is 14.4. The van der Waals surface area contributed by atoms with Crippen molar-refractivity contribution in [2.24, 2.45) is 0 Å². The highest BCUT2D eigenvalue weighted by atomic mass is 19.1. The zero-order valence-electron chi connectivity index (χ0n) is 15.3. The molecule has 3 aromatic heterocycles. The molecule has 0 radical (unpaired) electrons. The molecule has 4 aromatic rings. The van der Waals surface area contributed by atoms with E-state index in [1.807, 2.05) is 6.07 Å². The monoisotopic (exact) mass is 378 g/mol. The average Bonchev–Trinajstić information content (AvgIpc) is 3.23. The molecule has 1 fully saturated rings. The fourth-order valence-corrected chi connectivity index (χ4v) is 3.36. The van der Waals surface area contributed by atoms with Gasteiger partial charge in [-0.05, 0) is 31.0 Å². The first-order valence-corrected chi connectivity index (χ1v) is 9.10. The van der Waals surface area contributed by atoms with Gasteiger partial charge >= 0.3 is 0 Å². The molecule has 1 aliphatic carbocycles. The number of benzene rings is 1. The van der Waals surface area contributed by atoms with Crippen molar-refractivity contribution in [1.29, 1.82) is 0 Å². The van der Waals surface area contributed by atoms with E-state index in [1.54, 1.807) is 30.4 Å². The van der Waals surface area contributed by atoms with Crippen molar-refractivity contribution in [3.63, 3.8) is 0 Å². The van der Waals surface area contributed by atoms with Gasteiger partial charge in [-0.25, -0.2) is 9.37 Å². The molecule has 28 heavy (non-hydrogen) atoms. The van der Waals surface area contributed by atoms with Crippen molar-refractivity contribution in [1.82, 2.24) is 30.4 Å². The zero-order chi connectivity index (χ0) is 19.3. The number of halogens is 1. The van der Waals surface area contributed by atoms with Gasteiger partial charge in [0.15, 0.2) is 0 Å². The van der Waals surface area contributed by atoms with Gasteiger partial charge in [-0.3, -0.25) is 10.2 Å². The largest absolute Gasteiger partial charge is 0.383 e. The molecule has 0 aliphatic heterocycles. The predicted molar refractivity (Wildman–Crippen MR) is 104 cm³/mol. The van der Waals surface area contributed by atoms with Crippen molar-refractivity contribution >= 4 is 22.7 Å². The van der Waals surface area contributed by atoms with Gasteiger partial charge in [0.05, 0.1) is 23.0 Å². The van der Waals surface area contributed by atoms with E-state index in [4.69, 9.17) is 5.73 Å². The quantitative estimate of drug-likeness (QED) is 0.492. The normalized spacial score (nSPS) is 13.9. The minimum atomic E-state index is -0.297. The summed E-state index contributed by atoms with van der Waals surface area (Å²) in [7, 11) is 1.80. The molecule has 1 aliphatic rings. The molecule has 142 valence electrons. The lowest BCUT2D eigenvalue weighted by Crippen LogP contribution is -2.20. The van der Waals surface area contributed by atoms with E-state index in [-0.39, 0.29) is 12.4 Å². The molecule has 0 atom stereocenters. The first-order chi connectivity index (χ1) is 13.6. The molecule has 1 aromatic carbocycles. The molecule has 0 spiro atoms. The molecule has 1 saturated carbocycles. The second-order valence-electron chi connectivity index (χ2n) is 7.16. The fraction of sp³-hybridized carbons (Fsp3) is 0.263. The van der Waals surface area contributed by atoms with Crippen molar-refractivity contribution < 1.29 is 4.39 Å². The van der Waals surface area contributed by atoms with Crippen LogP contribution in [0.4, 0.5) is 16.2 Å². The average molecular weight is 378 g/mol. The minimum absolute atomic E-state index is 0.287. The van der Waals surface area contributed by atoms with Crippen LogP contribution in [0, 0.1) is 5.82 Å².